The van der Waals surface area contributed by atoms with E-state index in [1.807, 2.05) is 12.1 Å². The summed E-state index contributed by atoms with van der Waals surface area (Å²) in [6.07, 6.45) is 2.42. The fourth-order valence-electron chi connectivity index (χ4n) is 2.54. The van der Waals surface area contributed by atoms with Crippen molar-refractivity contribution in [2.75, 3.05) is 13.2 Å². The third-order valence-electron chi connectivity index (χ3n) is 3.41. The van der Waals surface area contributed by atoms with Gasteiger partial charge < -0.3 is 14.0 Å². The monoisotopic (exact) mass is 271 g/mol. The molecule has 0 spiro atoms. The number of nitrogens with zero attached hydrogens (tertiary/aromatic N) is 3. The Kier molecular flexibility index (Phi) is 3.46. The number of hydrogen-bond acceptors (Lipinski definition) is 4. The third kappa shape index (κ3) is 2.18. The number of fused-ring (bicyclic) bond motifs is 2. The molecule has 0 radical (unpaired) electrons. The Hall–Kier alpha value is -2.22. The Balaban J connectivity index is 2.11. The molecule has 2 heterocycles. The van der Waals surface area contributed by atoms with E-state index in [9.17, 15) is 0 Å². The van der Waals surface area contributed by atoms with Gasteiger partial charge in [0.1, 0.15) is 19.0 Å². The van der Waals surface area contributed by atoms with Gasteiger partial charge in [0.2, 0.25) is 0 Å². The van der Waals surface area contributed by atoms with Crippen molar-refractivity contribution in [3.63, 3.8) is 0 Å². The van der Waals surface area contributed by atoms with E-state index in [4.69, 9.17) is 14.7 Å². The predicted octanol–water partition coefficient (Wildman–Crippen LogP) is 2.67. The summed E-state index contributed by atoms with van der Waals surface area (Å²) in [5.74, 6) is 2.56. The molecule has 1 aliphatic rings. The molecule has 0 saturated heterocycles. The Bertz CT molecular complexity index is 670. The van der Waals surface area contributed by atoms with Crippen molar-refractivity contribution in [3.8, 4) is 17.6 Å². The lowest BCUT2D eigenvalue weighted by atomic mass is 10.2. The van der Waals surface area contributed by atoms with E-state index in [2.05, 4.69) is 22.5 Å². The summed E-state index contributed by atoms with van der Waals surface area (Å²) in [4.78, 5) is 4.68. The van der Waals surface area contributed by atoms with Crippen molar-refractivity contribution in [1.82, 2.24) is 9.55 Å². The van der Waals surface area contributed by atoms with Crippen molar-refractivity contribution in [2.45, 2.75) is 32.7 Å². The lowest BCUT2D eigenvalue weighted by molar-refractivity contribution is 0.172. The quantitative estimate of drug-likeness (QED) is 0.857. The smallest absolute Gasteiger partial charge is 0.163 e. The summed E-state index contributed by atoms with van der Waals surface area (Å²) < 4.78 is 13.3. The van der Waals surface area contributed by atoms with E-state index in [0.29, 0.717) is 26.2 Å². The molecule has 0 atom stereocenters. The maximum atomic E-state index is 8.82. The largest absolute Gasteiger partial charge is 0.486 e. The van der Waals surface area contributed by atoms with Crippen LogP contribution in [0, 0.1) is 11.3 Å². The molecule has 1 aliphatic heterocycles. The van der Waals surface area contributed by atoms with E-state index in [0.717, 1.165) is 41.2 Å². The second-order valence-corrected chi connectivity index (χ2v) is 4.82. The molecule has 1 aromatic heterocycles. The highest BCUT2D eigenvalue weighted by atomic mass is 16.6. The van der Waals surface area contributed by atoms with Crippen LogP contribution in [-0.4, -0.2) is 22.8 Å². The molecule has 0 N–H and O–H groups in total. The molecule has 0 fully saturated rings. The van der Waals surface area contributed by atoms with Crippen LogP contribution in [0.15, 0.2) is 12.1 Å². The van der Waals surface area contributed by atoms with Gasteiger partial charge in [-0.05, 0) is 6.42 Å². The molecule has 20 heavy (non-hydrogen) atoms. The summed E-state index contributed by atoms with van der Waals surface area (Å²) in [6.45, 7) is 3.95. The summed E-state index contributed by atoms with van der Waals surface area (Å²) in [5, 5.41) is 8.82. The van der Waals surface area contributed by atoms with Crippen molar-refractivity contribution in [3.05, 3.63) is 18.0 Å². The molecular weight excluding hydrogens is 254 g/mol. The zero-order chi connectivity index (χ0) is 13.9. The van der Waals surface area contributed by atoms with Crippen LogP contribution >= 0.6 is 0 Å². The Labute approximate surface area is 117 Å². The SMILES string of the molecule is CCCc1nc2cc3c(cc2n1CCC#N)OCCO3. The molecule has 104 valence electrons. The fourth-order valence-corrected chi connectivity index (χ4v) is 2.54. The number of aryl methyl sites for hydroxylation is 2. The minimum absolute atomic E-state index is 0.483. The first-order valence-electron chi connectivity index (χ1n) is 6.99. The van der Waals surface area contributed by atoms with Crippen LogP contribution in [-0.2, 0) is 13.0 Å². The summed E-state index contributed by atoms with van der Waals surface area (Å²) in [7, 11) is 0. The van der Waals surface area contributed by atoms with Crippen molar-refractivity contribution < 1.29 is 9.47 Å². The first kappa shape index (κ1) is 12.8. The van der Waals surface area contributed by atoms with Gasteiger partial charge in [-0.25, -0.2) is 4.98 Å². The lowest BCUT2D eigenvalue weighted by Gasteiger charge is -2.18. The van der Waals surface area contributed by atoms with Crippen LogP contribution in [0.1, 0.15) is 25.6 Å². The average molecular weight is 271 g/mol. The maximum Gasteiger partial charge on any atom is 0.163 e. The molecule has 0 bridgehead atoms. The molecule has 3 rings (SSSR count). The van der Waals surface area contributed by atoms with Gasteiger partial charge in [0.25, 0.3) is 0 Å². The molecule has 0 aliphatic carbocycles. The number of aromatic nitrogens is 2. The zero-order valence-electron chi connectivity index (χ0n) is 11.6. The lowest BCUT2D eigenvalue weighted by Crippen LogP contribution is -2.15. The van der Waals surface area contributed by atoms with Gasteiger partial charge in [-0.2, -0.15) is 5.26 Å². The van der Waals surface area contributed by atoms with Crippen LogP contribution in [0.2, 0.25) is 0 Å². The average Bonchev–Trinajstić information content (AvgIpc) is 2.79. The number of hydrogen-bond donors (Lipinski definition) is 0. The van der Waals surface area contributed by atoms with Crippen LogP contribution in [0.3, 0.4) is 0 Å². The predicted molar refractivity (Wildman–Crippen MR) is 74.9 cm³/mol. The minimum atomic E-state index is 0.483. The standard InChI is InChI=1S/C15H17N3O2/c1-2-4-15-17-11-9-13-14(20-8-7-19-13)10-12(11)18(15)6-3-5-16/h9-10H,2-4,6-8H2,1H3. The number of nitriles is 1. The van der Waals surface area contributed by atoms with Gasteiger partial charge in [-0.3, -0.25) is 0 Å². The first-order valence-corrected chi connectivity index (χ1v) is 6.99. The highest BCUT2D eigenvalue weighted by molar-refractivity contribution is 5.80. The van der Waals surface area contributed by atoms with E-state index < -0.39 is 0 Å². The van der Waals surface area contributed by atoms with Gasteiger partial charge in [0, 0.05) is 25.1 Å². The van der Waals surface area contributed by atoms with Crippen LogP contribution < -0.4 is 9.47 Å². The Morgan fingerprint density at radius 1 is 1.30 bits per heavy atom. The molecule has 5 nitrogen and oxygen atoms in total. The molecule has 2 aromatic rings. The van der Waals surface area contributed by atoms with Gasteiger partial charge in [-0.1, -0.05) is 6.92 Å². The Morgan fingerprint density at radius 3 is 2.75 bits per heavy atom. The highest BCUT2D eigenvalue weighted by Gasteiger charge is 2.17. The molecular formula is C15H17N3O2. The number of rotatable bonds is 4. The van der Waals surface area contributed by atoms with E-state index >= 15 is 0 Å². The summed E-state index contributed by atoms with van der Waals surface area (Å²) in [5.41, 5.74) is 1.93. The van der Waals surface area contributed by atoms with E-state index in [1.54, 1.807) is 0 Å². The number of ether oxygens (including phenoxy) is 2. The highest BCUT2D eigenvalue weighted by Crippen LogP contribution is 2.35. The number of benzene rings is 1. The summed E-state index contributed by atoms with van der Waals surface area (Å²) in [6, 6.07) is 6.11. The molecule has 5 heteroatoms. The second-order valence-electron chi connectivity index (χ2n) is 4.82. The van der Waals surface area contributed by atoms with Gasteiger partial charge in [0.15, 0.2) is 11.5 Å². The van der Waals surface area contributed by atoms with Crippen LogP contribution in [0.5, 0.6) is 11.5 Å². The number of imidazole rings is 1. The molecule has 0 unspecified atom stereocenters. The molecule has 1 aromatic carbocycles. The first-order chi connectivity index (χ1) is 9.83. The molecule has 0 amide bonds. The fraction of sp³-hybridized carbons (Fsp3) is 0.467. The topological polar surface area (TPSA) is 60.1 Å². The van der Waals surface area contributed by atoms with Crippen LogP contribution in [0.4, 0.5) is 0 Å². The second kappa shape index (κ2) is 5.41. The minimum Gasteiger partial charge on any atom is -0.486 e. The normalized spacial score (nSPS) is 13.4. The third-order valence-corrected chi connectivity index (χ3v) is 3.41. The van der Waals surface area contributed by atoms with Gasteiger partial charge in [0.05, 0.1) is 23.5 Å². The maximum absolute atomic E-state index is 8.82. The van der Waals surface area contributed by atoms with Gasteiger partial charge in [-0.15, -0.1) is 0 Å². The van der Waals surface area contributed by atoms with E-state index in [1.165, 1.54) is 0 Å². The van der Waals surface area contributed by atoms with E-state index in [-0.39, 0.29) is 0 Å². The van der Waals surface area contributed by atoms with Gasteiger partial charge >= 0.3 is 0 Å². The van der Waals surface area contributed by atoms with Crippen LogP contribution in [0.25, 0.3) is 11.0 Å². The van der Waals surface area contributed by atoms with Crippen molar-refractivity contribution in [2.24, 2.45) is 0 Å². The Morgan fingerprint density at radius 2 is 2.05 bits per heavy atom. The van der Waals surface area contributed by atoms with Crippen molar-refractivity contribution in [1.29, 1.82) is 5.26 Å². The van der Waals surface area contributed by atoms with Crippen molar-refractivity contribution >= 4 is 11.0 Å². The zero-order valence-corrected chi connectivity index (χ0v) is 11.6. The molecule has 0 saturated carbocycles. The summed E-state index contributed by atoms with van der Waals surface area (Å²) >= 11 is 0.